The van der Waals surface area contributed by atoms with Crippen molar-refractivity contribution in [3.63, 3.8) is 0 Å². The summed E-state index contributed by atoms with van der Waals surface area (Å²) in [5.74, 6) is -0.500. The second-order valence-corrected chi connectivity index (χ2v) is 3.65. The maximum atomic E-state index is 11.3. The average molecular weight is 202 g/mol. The van der Waals surface area contributed by atoms with E-state index < -0.39 is 5.97 Å². The number of carboxylic acid groups (broad SMARTS) is 1. The summed E-state index contributed by atoms with van der Waals surface area (Å²) < 4.78 is 0. The van der Waals surface area contributed by atoms with E-state index in [2.05, 4.69) is 5.32 Å². The second kappa shape index (κ2) is 6.23. The number of carbonyl (C=O) groups excluding carboxylic acids is 1. The molecule has 5 heteroatoms. The van der Waals surface area contributed by atoms with Crippen LogP contribution in [0.3, 0.4) is 0 Å². The first-order valence-electron chi connectivity index (χ1n) is 4.64. The van der Waals surface area contributed by atoms with Crippen LogP contribution in [0.25, 0.3) is 0 Å². The SMILES string of the molecule is CC(C)CNC(=O)N(C)CCC(=O)O. The van der Waals surface area contributed by atoms with E-state index >= 15 is 0 Å². The topological polar surface area (TPSA) is 69.6 Å². The molecule has 0 radical (unpaired) electrons. The van der Waals surface area contributed by atoms with E-state index in [1.165, 1.54) is 4.90 Å². The number of aliphatic carboxylic acids is 1. The molecule has 0 atom stereocenters. The lowest BCUT2D eigenvalue weighted by Gasteiger charge is -2.17. The second-order valence-electron chi connectivity index (χ2n) is 3.65. The van der Waals surface area contributed by atoms with Crippen molar-refractivity contribution >= 4 is 12.0 Å². The molecule has 0 heterocycles. The fourth-order valence-electron chi connectivity index (χ4n) is 0.791. The third-order valence-electron chi connectivity index (χ3n) is 1.67. The Morgan fingerprint density at radius 2 is 2.00 bits per heavy atom. The minimum Gasteiger partial charge on any atom is -0.481 e. The molecule has 0 spiro atoms. The van der Waals surface area contributed by atoms with Gasteiger partial charge in [-0.3, -0.25) is 4.79 Å². The number of amides is 2. The van der Waals surface area contributed by atoms with Gasteiger partial charge in [-0.1, -0.05) is 13.8 Å². The zero-order valence-electron chi connectivity index (χ0n) is 8.91. The van der Waals surface area contributed by atoms with Crippen LogP contribution < -0.4 is 5.32 Å². The first kappa shape index (κ1) is 12.7. The largest absolute Gasteiger partial charge is 0.481 e. The summed E-state index contributed by atoms with van der Waals surface area (Å²) in [5.41, 5.74) is 0. The third kappa shape index (κ3) is 6.28. The van der Waals surface area contributed by atoms with Crippen LogP contribution in [0.5, 0.6) is 0 Å². The molecule has 0 aromatic carbocycles. The van der Waals surface area contributed by atoms with Crippen LogP contribution in [0.4, 0.5) is 4.79 Å². The molecule has 0 aliphatic rings. The highest BCUT2D eigenvalue weighted by atomic mass is 16.4. The number of hydrogen-bond acceptors (Lipinski definition) is 2. The van der Waals surface area contributed by atoms with Gasteiger partial charge in [-0.25, -0.2) is 4.79 Å². The van der Waals surface area contributed by atoms with Crippen molar-refractivity contribution in [3.8, 4) is 0 Å². The van der Waals surface area contributed by atoms with Crippen LogP contribution in [0.2, 0.25) is 0 Å². The molecular formula is C9H18N2O3. The summed E-state index contributed by atoms with van der Waals surface area (Å²) in [4.78, 5) is 22.9. The molecule has 14 heavy (non-hydrogen) atoms. The molecular weight excluding hydrogens is 184 g/mol. The molecule has 0 unspecified atom stereocenters. The van der Waals surface area contributed by atoms with Crippen LogP contribution in [0.15, 0.2) is 0 Å². The molecule has 0 saturated carbocycles. The van der Waals surface area contributed by atoms with Crippen LogP contribution in [0, 0.1) is 5.92 Å². The van der Waals surface area contributed by atoms with E-state index in [1.807, 2.05) is 13.8 Å². The minimum atomic E-state index is -0.895. The number of carbonyl (C=O) groups is 2. The van der Waals surface area contributed by atoms with Gasteiger partial charge < -0.3 is 15.3 Å². The van der Waals surface area contributed by atoms with Crippen LogP contribution in [-0.2, 0) is 4.79 Å². The lowest BCUT2D eigenvalue weighted by molar-refractivity contribution is -0.137. The molecule has 0 aliphatic carbocycles. The van der Waals surface area contributed by atoms with Gasteiger partial charge in [0.2, 0.25) is 0 Å². The summed E-state index contributed by atoms with van der Waals surface area (Å²) >= 11 is 0. The Balaban J connectivity index is 3.70. The number of urea groups is 1. The maximum absolute atomic E-state index is 11.3. The fraction of sp³-hybridized carbons (Fsp3) is 0.778. The van der Waals surface area contributed by atoms with E-state index in [4.69, 9.17) is 5.11 Å². The molecule has 0 rings (SSSR count). The predicted octanol–water partition coefficient (Wildman–Crippen LogP) is 0.758. The molecule has 0 aromatic rings. The van der Waals surface area contributed by atoms with Gasteiger partial charge in [0.1, 0.15) is 0 Å². The normalized spacial score (nSPS) is 10.0. The fourth-order valence-corrected chi connectivity index (χ4v) is 0.791. The number of rotatable bonds is 5. The summed E-state index contributed by atoms with van der Waals surface area (Å²) in [6, 6.07) is -0.222. The van der Waals surface area contributed by atoms with E-state index in [0.717, 1.165) is 0 Å². The first-order valence-corrected chi connectivity index (χ1v) is 4.64. The van der Waals surface area contributed by atoms with Crippen LogP contribution in [-0.4, -0.2) is 42.1 Å². The molecule has 5 nitrogen and oxygen atoms in total. The Hall–Kier alpha value is -1.26. The Labute approximate surface area is 84.1 Å². The molecule has 0 fully saturated rings. The monoisotopic (exact) mass is 202 g/mol. The predicted molar refractivity (Wildman–Crippen MR) is 53.1 cm³/mol. The Kier molecular flexibility index (Phi) is 5.67. The number of carboxylic acids is 1. The van der Waals surface area contributed by atoms with Crippen molar-refractivity contribution in [1.82, 2.24) is 10.2 Å². The van der Waals surface area contributed by atoms with Crippen molar-refractivity contribution in [3.05, 3.63) is 0 Å². The van der Waals surface area contributed by atoms with Gasteiger partial charge in [-0.2, -0.15) is 0 Å². The van der Waals surface area contributed by atoms with Crippen molar-refractivity contribution in [2.45, 2.75) is 20.3 Å². The Morgan fingerprint density at radius 1 is 1.43 bits per heavy atom. The standard InChI is InChI=1S/C9H18N2O3/c1-7(2)6-10-9(14)11(3)5-4-8(12)13/h7H,4-6H2,1-3H3,(H,10,14)(H,12,13). The van der Waals surface area contributed by atoms with Gasteiger partial charge in [0.05, 0.1) is 6.42 Å². The maximum Gasteiger partial charge on any atom is 0.317 e. The molecule has 0 aromatic heterocycles. The molecule has 0 aliphatic heterocycles. The van der Waals surface area contributed by atoms with E-state index in [1.54, 1.807) is 7.05 Å². The van der Waals surface area contributed by atoms with Crippen molar-refractivity contribution in [2.75, 3.05) is 20.1 Å². The molecule has 2 N–H and O–H groups in total. The summed E-state index contributed by atoms with van der Waals surface area (Å²) in [5, 5.41) is 11.1. The van der Waals surface area contributed by atoms with Gasteiger partial charge in [0, 0.05) is 20.1 Å². The third-order valence-corrected chi connectivity index (χ3v) is 1.67. The van der Waals surface area contributed by atoms with E-state index in [9.17, 15) is 9.59 Å². The highest BCUT2D eigenvalue weighted by molar-refractivity contribution is 5.74. The highest BCUT2D eigenvalue weighted by Crippen LogP contribution is 1.91. The van der Waals surface area contributed by atoms with Gasteiger partial charge in [-0.05, 0) is 5.92 Å². The molecule has 0 saturated heterocycles. The van der Waals surface area contributed by atoms with Crippen molar-refractivity contribution in [2.24, 2.45) is 5.92 Å². The molecule has 2 amide bonds. The van der Waals surface area contributed by atoms with Crippen LogP contribution in [0.1, 0.15) is 20.3 Å². The first-order chi connectivity index (χ1) is 6.43. The highest BCUT2D eigenvalue weighted by Gasteiger charge is 2.09. The zero-order chi connectivity index (χ0) is 11.1. The van der Waals surface area contributed by atoms with Gasteiger partial charge in [0.25, 0.3) is 0 Å². The molecule has 0 bridgehead atoms. The summed E-state index contributed by atoms with van der Waals surface area (Å²) in [6.45, 7) is 4.84. The smallest absolute Gasteiger partial charge is 0.317 e. The Bertz CT molecular complexity index is 204. The van der Waals surface area contributed by atoms with Gasteiger partial charge in [-0.15, -0.1) is 0 Å². The Morgan fingerprint density at radius 3 is 2.43 bits per heavy atom. The number of nitrogens with zero attached hydrogens (tertiary/aromatic N) is 1. The lowest BCUT2D eigenvalue weighted by atomic mass is 10.2. The number of hydrogen-bond donors (Lipinski definition) is 2. The average Bonchev–Trinajstić information content (AvgIpc) is 2.09. The summed E-state index contributed by atoms with van der Waals surface area (Å²) in [7, 11) is 1.58. The summed E-state index contributed by atoms with van der Waals surface area (Å²) in [6.07, 6.45) is -0.0222. The van der Waals surface area contributed by atoms with Crippen molar-refractivity contribution in [1.29, 1.82) is 0 Å². The van der Waals surface area contributed by atoms with E-state index in [0.29, 0.717) is 12.5 Å². The minimum absolute atomic E-state index is 0.0222. The van der Waals surface area contributed by atoms with Gasteiger partial charge >= 0.3 is 12.0 Å². The molecule has 82 valence electrons. The lowest BCUT2D eigenvalue weighted by Crippen LogP contribution is -2.39. The van der Waals surface area contributed by atoms with Crippen LogP contribution >= 0.6 is 0 Å². The van der Waals surface area contributed by atoms with Crippen molar-refractivity contribution < 1.29 is 14.7 Å². The quantitative estimate of drug-likeness (QED) is 0.691. The van der Waals surface area contributed by atoms with E-state index in [-0.39, 0.29) is 19.0 Å². The number of nitrogens with one attached hydrogen (secondary N) is 1. The van der Waals surface area contributed by atoms with Gasteiger partial charge in [0.15, 0.2) is 0 Å². The zero-order valence-corrected chi connectivity index (χ0v) is 8.91.